The summed E-state index contributed by atoms with van der Waals surface area (Å²) in [4.78, 5) is 12.5. The second-order valence-electron chi connectivity index (χ2n) is 5.00. The van der Waals surface area contributed by atoms with Gasteiger partial charge in [0.25, 0.3) is 0 Å². The van der Waals surface area contributed by atoms with Crippen LogP contribution < -0.4 is 0 Å². The van der Waals surface area contributed by atoms with Crippen LogP contribution in [0.5, 0.6) is 0 Å². The molecule has 0 aliphatic carbocycles. The van der Waals surface area contributed by atoms with E-state index >= 15 is 0 Å². The maximum absolute atomic E-state index is 13.6. The van der Waals surface area contributed by atoms with Gasteiger partial charge in [-0.05, 0) is 56.2 Å². The van der Waals surface area contributed by atoms with E-state index in [1.807, 2.05) is 26.0 Å². The van der Waals surface area contributed by atoms with Crippen molar-refractivity contribution in [3.8, 4) is 0 Å². The first-order valence-corrected chi connectivity index (χ1v) is 7.49. The van der Waals surface area contributed by atoms with E-state index in [1.54, 1.807) is 13.0 Å². The average Bonchev–Trinajstić information content (AvgIpc) is 2.45. The van der Waals surface area contributed by atoms with Gasteiger partial charge in [0.1, 0.15) is 11.6 Å². The lowest BCUT2D eigenvalue weighted by molar-refractivity contribution is 0.0994. The Morgan fingerprint density at radius 3 is 2.43 bits per heavy atom. The maximum Gasteiger partial charge on any atom is 0.175 e. The highest BCUT2D eigenvalue weighted by Crippen LogP contribution is 2.29. The first-order valence-electron chi connectivity index (χ1n) is 6.61. The van der Waals surface area contributed by atoms with E-state index in [9.17, 15) is 13.6 Å². The van der Waals surface area contributed by atoms with Gasteiger partial charge in [-0.2, -0.15) is 0 Å². The van der Waals surface area contributed by atoms with Crippen molar-refractivity contribution >= 4 is 17.5 Å². The third kappa shape index (κ3) is 3.70. The number of Topliss-reactive ketones (excluding diaryl/α,β-unsaturated/α-hetero) is 1. The molecule has 0 amide bonds. The van der Waals surface area contributed by atoms with Gasteiger partial charge in [-0.25, -0.2) is 8.78 Å². The molecule has 0 bridgehead atoms. The van der Waals surface area contributed by atoms with Crippen LogP contribution in [0.25, 0.3) is 0 Å². The van der Waals surface area contributed by atoms with Crippen molar-refractivity contribution in [1.82, 2.24) is 0 Å². The van der Waals surface area contributed by atoms with Crippen LogP contribution in [-0.2, 0) is 0 Å². The molecule has 0 radical (unpaired) electrons. The van der Waals surface area contributed by atoms with Crippen molar-refractivity contribution in [2.24, 2.45) is 0 Å². The number of thioether (sulfide) groups is 1. The molecule has 4 heteroatoms. The molecule has 0 aliphatic rings. The molecule has 1 unspecified atom stereocenters. The number of rotatable bonds is 4. The predicted molar refractivity (Wildman–Crippen MR) is 81.9 cm³/mol. The van der Waals surface area contributed by atoms with E-state index in [4.69, 9.17) is 0 Å². The zero-order valence-corrected chi connectivity index (χ0v) is 12.9. The third-order valence-corrected chi connectivity index (χ3v) is 4.49. The van der Waals surface area contributed by atoms with Crippen LogP contribution >= 0.6 is 11.8 Å². The summed E-state index contributed by atoms with van der Waals surface area (Å²) >= 11 is 1.03. The summed E-state index contributed by atoms with van der Waals surface area (Å²) in [5.74, 6) is -1.11. The van der Waals surface area contributed by atoms with Crippen molar-refractivity contribution < 1.29 is 13.6 Å². The topological polar surface area (TPSA) is 17.1 Å². The minimum Gasteiger partial charge on any atom is -0.293 e. The first-order chi connectivity index (χ1) is 9.88. The lowest BCUT2D eigenvalue weighted by atomic mass is 10.0. The van der Waals surface area contributed by atoms with Crippen LogP contribution in [0.1, 0.15) is 28.4 Å². The van der Waals surface area contributed by atoms with Crippen molar-refractivity contribution in [2.75, 3.05) is 0 Å². The summed E-state index contributed by atoms with van der Waals surface area (Å²) in [5, 5.41) is -0.483. The summed E-state index contributed by atoms with van der Waals surface area (Å²) in [6.45, 7) is 5.62. The fraction of sp³-hybridized carbons (Fsp3) is 0.235. The number of ketones is 1. The van der Waals surface area contributed by atoms with Crippen molar-refractivity contribution in [1.29, 1.82) is 0 Å². The second-order valence-corrected chi connectivity index (χ2v) is 6.38. The molecule has 0 saturated carbocycles. The average molecular weight is 306 g/mol. The van der Waals surface area contributed by atoms with Crippen LogP contribution in [0.15, 0.2) is 41.3 Å². The van der Waals surface area contributed by atoms with Gasteiger partial charge in [0.05, 0.1) is 5.25 Å². The van der Waals surface area contributed by atoms with Crippen LogP contribution in [-0.4, -0.2) is 11.0 Å². The highest BCUT2D eigenvalue weighted by molar-refractivity contribution is 8.00. The Labute approximate surface area is 127 Å². The van der Waals surface area contributed by atoms with Crippen LogP contribution in [0.3, 0.4) is 0 Å². The Kier molecular flexibility index (Phi) is 4.78. The summed E-state index contributed by atoms with van der Waals surface area (Å²) in [6.07, 6.45) is 0. The number of halogens is 2. The van der Waals surface area contributed by atoms with E-state index < -0.39 is 16.9 Å². The lowest BCUT2D eigenvalue weighted by Crippen LogP contribution is -2.14. The number of benzene rings is 2. The fourth-order valence-corrected chi connectivity index (χ4v) is 2.93. The van der Waals surface area contributed by atoms with Gasteiger partial charge >= 0.3 is 0 Å². The molecule has 2 rings (SSSR count). The summed E-state index contributed by atoms with van der Waals surface area (Å²) in [5.41, 5.74) is 2.74. The van der Waals surface area contributed by atoms with Crippen LogP contribution in [0.2, 0.25) is 0 Å². The van der Waals surface area contributed by atoms with Crippen molar-refractivity contribution in [3.05, 3.63) is 64.7 Å². The van der Waals surface area contributed by atoms with Gasteiger partial charge < -0.3 is 0 Å². The number of carbonyl (C=O) groups excluding carboxylic acids is 1. The van der Waals surface area contributed by atoms with Gasteiger partial charge in [0.2, 0.25) is 0 Å². The van der Waals surface area contributed by atoms with Crippen LogP contribution in [0, 0.1) is 25.5 Å². The Bertz CT molecular complexity index is 682. The SMILES string of the molecule is Cc1ccc(C(=O)C(C)Sc2cc(F)ccc2F)cc1C. The second kappa shape index (κ2) is 6.39. The number of aryl methyl sites for hydroxylation is 2. The standard InChI is InChI=1S/C17H16F2OS/c1-10-4-5-13(8-11(10)2)17(20)12(3)21-16-9-14(18)6-7-15(16)19/h4-9,12H,1-3H3. The van der Waals surface area contributed by atoms with Crippen LogP contribution in [0.4, 0.5) is 8.78 Å². The Balaban J connectivity index is 2.19. The molecular formula is C17H16F2OS. The van der Waals surface area contributed by atoms with Crippen molar-refractivity contribution in [3.63, 3.8) is 0 Å². The lowest BCUT2D eigenvalue weighted by Gasteiger charge is -2.12. The predicted octanol–water partition coefficient (Wildman–Crippen LogP) is 4.95. The van der Waals surface area contributed by atoms with Crippen molar-refractivity contribution in [2.45, 2.75) is 30.9 Å². The minimum atomic E-state index is -0.513. The summed E-state index contributed by atoms with van der Waals surface area (Å²) in [6, 6.07) is 8.74. The van der Waals surface area contributed by atoms with Gasteiger partial charge in [-0.15, -0.1) is 11.8 Å². The molecule has 0 aromatic heterocycles. The van der Waals surface area contributed by atoms with Gasteiger partial charge in [0.15, 0.2) is 5.78 Å². The number of hydrogen-bond acceptors (Lipinski definition) is 2. The van der Waals surface area contributed by atoms with E-state index in [-0.39, 0.29) is 10.7 Å². The first kappa shape index (κ1) is 15.7. The smallest absolute Gasteiger partial charge is 0.175 e. The van der Waals surface area contributed by atoms with Gasteiger partial charge in [-0.1, -0.05) is 12.1 Å². The Morgan fingerprint density at radius 1 is 1.05 bits per heavy atom. The normalized spacial score (nSPS) is 12.2. The van der Waals surface area contributed by atoms with Gasteiger partial charge in [0, 0.05) is 10.5 Å². The minimum absolute atomic E-state index is 0.0910. The molecule has 21 heavy (non-hydrogen) atoms. The molecule has 0 aliphatic heterocycles. The molecule has 0 spiro atoms. The van der Waals surface area contributed by atoms with E-state index in [0.29, 0.717) is 5.56 Å². The van der Waals surface area contributed by atoms with E-state index in [1.165, 1.54) is 0 Å². The molecule has 0 heterocycles. The highest BCUT2D eigenvalue weighted by atomic mass is 32.2. The monoisotopic (exact) mass is 306 g/mol. The Morgan fingerprint density at radius 2 is 1.76 bits per heavy atom. The molecule has 1 nitrogen and oxygen atoms in total. The quantitative estimate of drug-likeness (QED) is 0.587. The molecule has 2 aromatic rings. The van der Waals surface area contributed by atoms with Gasteiger partial charge in [-0.3, -0.25) is 4.79 Å². The number of carbonyl (C=O) groups is 1. The Hall–Kier alpha value is -1.68. The molecule has 1 atom stereocenters. The van der Waals surface area contributed by atoms with E-state index in [2.05, 4.69) is 0 Å². The maximum atomic E-state index is 13.6. The molecule has 0 N–H and O–H groups in total. The molecule has 0 fully saturated rings. The largest absolute Gasteiger partial charge is 0.293 e. The molecule has 0 saturated heterocycles. The fourth-order valence-electron chi connectivity index (χ4n) is 1.94. The molecular weight excluding hydrogens is 290 g/mol. The summed E-state index contributed by atoms with van der Waals surface area (Å²) in [7, 11) is 0. The third-order valence-electron chi connectivity index (χ3n) is 3.36. The number of hydrogen-bond donors (Lipinski definition) is 0. The highest BCUT2D eigenvalue weighted by Gasteiger charge is 2.19. The zero-order valence-electron chi connectivity index (χ0n) is 12.1. The molecule has 110 valence electrons. The zero-order chi connectivity index (χ0) is 15.6. The molecule has 2 aromatic carbocycles. The van der Waals surface area contributed by atoms with E-state index in [0.717, 1.165) is 41.1 Å². The summed E-state index contributed by atoms with van der Waals surface area (Å²) < 4.78 is 26.8.